The Kier molecular flexibility index (Phi) is 6.45. The Balaban J connectivity index is 1.41. The van der Waals surface area contributed by atoms with Crippen molar-refractivity contribution in [2.45, 2.75) is 6.61 Å². The van der Waals surface area contributed by atoms with Gasteiger partial charge in [0.15, 0.2) is 0 Å². The fourth-order valence-corrected chi connectivity index (χ4v) is 3.51. The molecule has 4 nitrogen and oxygen atoms in total. The fraction of sp³-hybridized carbons (Fsp3) is 0.208. The van der Waals surface area contributed by atoms with Gasteiger partial charge in [0.25, 0.3) is 0 Å². The summed E-state index contributed by atoms with van der Waals surface area (Å²) in [7, 11) is 0. The Labute approximate surface area is 176 Å². The van der Waals surface area contributed by atoms with Crippen LogP contribution in [0.1, 0.15) is 11.1 Å². The van der Waals surface area contributed by atoms with Gasteiger partial charge in [-0.05, 0) is 41.5 Å². The molecule has 29 heavy (non-hydrogen) atoms. The summed E-state index contributed by atoms with van der Waals surface area (Å²) in [4.78, 5) is 6.82. The van der Waals surface area contributed by atoms with Crippen molar-refractivity contribution in [2.24, 2.45) is 4.99 Å². The Morgan fingerprint density at radius 3 is 2.59 bits per heavy atom. The largest absolute Gasteiger partial charge is 0.489 e. The summed E-state index contributed by atoms with van der Waals surface area (Å²) in [5.74, 6) is 0.818. The van der Waals surface area contributed by atoms with Gasteiger partial charge in [-0.25, -0.2) is 0 Å². The molecule has 0 unspecified atom stereocenters. The van der Waals surface area contributed by atoms with Crippen molar-refractivity contribution >= 4 is 29.2 Å². The molecule has 4 rings (SSSR count). The molecule has 148 valence electrons. The first-order valence-electron chi connectivity index (χ1n) is 9.71. The molecule has 1 fully saturated rings. The van der Waals surface area contributed by atoms with Gasteiger partial charge in [0.1, 0.15) is 12.4 Å². The number of benzene rings is 3. The number of halogens is 1. The molecule has 0 spiro atoms. The van der Waals surface area contributed by atoms with E-state index in [2.05, 4.69) is 22.0 Å². The molecule has 0 aliphatic carbocycles. The molecular weight excluding hydrogens is 384 g/mol. The van der Waals surface area contributed by atoms with Crippen molar-refractivity contribution < 1.29 is 9.47 Å². The maximum atomic E-state index is 6.49. The Morgan fingerprint density at radius 1 is 0.966 bits per heavy atom. The van der Waals surface area contributed by atoms with Crippen molar-refractivity contribution in [1.82, 2.24) is 0 Å². The van der Waals surface area contributed by atoms with E-state index >= 15 is 0 Å². The van der Waals surface area contributed by atoms with E-state index in [0.29, 0.717) is 11.6 Å². The zero-order valence-corrected chi connectivity index (χ0v) is 16.9. The number of rotatable bonds is 6. The highest BCUT2D eigenvalue weighted by atomic mass is 35.5. The normalized spacial score (nSPS) is 14.3. The van der Waals surface area contributed by atoms with Crippen LogP contribution in [0, 0.1) is 0 Å². The molecule has 3 aromatic rings. The second-order valence-electron chi connectivity index (χ2n) is 6.84. The summed E-state index contributed by atoms with van der Waals surface area (Å²) in [6, 6.07) is 23.9. The number of anilines is 1. The number of hydrogen-bond acceptors (Lipinski definition) is 4. The average Bonchev–Trinajstić information content (AvgIpc) is 2.78. The van der Waals surface area contributed by atoms with Crippen LogP contribution < -0.4 is 9.64 Å². The van der Waals surface area contributed by atoms with Gasteiger partial charge in [-0.1, -0.05) is 54.1 Å². The first-order chi connectivity index (χ1) is 14.3. The van der Waals surface area contributed by atoms with Gasteiger partial charge in [-0.2, -0.15) is 0 Å². The summed E-state index contributed by atoms with van der Waals surface area (Å²) in [5.41, 5.74) is 3.97. The van der Waals surface area contributed by atoms with Crippen LogP contribution in [0.25, 0.3) is 0 Å². The smallest absolute Gasteiger partial charge is 0.120 e. The third-order valence-electron chi connectivity index (χ3n) is 4.75. The molecule has 1 saturated heterocycles. The highest BCUT2D eigenvalue weighted by Crippen LogP contribution is 2.30. The van der Waals surface area contributed by atoms with Crippen LogP contribution in [-0.2, 0) is 11.3 Å². The van der Waals surface area contributed by atoms with E-state index in [1.807, 2.05) is 66.9 Å². The molecular formula is C24H23ClN2O2. The van der Waals surface area contributed by atoms with Gasteiger partial charge in [-0.3, -0.25) is 4.99 Å². The molecule has 0 N–H and O–H groups in total. The lowest BCUT2D eigenvalue weighted by Gasteiger charge is -2.29. The number of nitrogens with zero attached hydrogens (tertiary/aromatic N) is 2. The van der Waals surface area contributed by atoms with E-state index in [1.54, 1.807) is 0 Å². The lowest BCUT2D eigenvalue weighted by molar-refractivity contribution is 0.122. The molecule has 0 aromatic heterocycles. The minimum Gasteiger partial charge on any atom is -0.489 e. The van der Waals surface area contributed by atoms with Crippen LogP contribution >= 0.6 is 11.6 Å². The second kappa shape index (κ2) is 9.59. The van der Waals surface area contributed by atoms with Gasteiger partial charge in [0.05, 0.1) is 29.6 Å². The fourth-order valence-electron chi connectivity index (χ4n) is 3.21. The summed E-state index contributed by atoms with van der Waals surface area (Å²) < 4.78 is 11.3. The average molecular weight is 407 g/mol. The number of morpholine rings is 1. The highest BCUT2D eigenvalue weighted by molar-refractivity contribution is 6.33. The Hall–Kier alpha value is -2.82. The van der Waals surface area contributed by atoms with Gasteiger partial charge in [-0.15, -0.1) is 0 Å². The van der Waals surface area contributed by atoms with E-state index in [0.717, 1.165) is 54.6 Å². The zero-order chi connectivity index (χ0) is 19.9. The van der Waals surface area contributed by atoms with Crippen LogP contribution in [0.3, 0.4) is 0 Å². The van der Waals surface area contributed by atoms with Crippen molar-refractivity contribution in [3.8, 4) is 5.75 Å². The van der Waals surface area contributed by atoms with E-state index in [9.17, 15) is 0 Å². The third kappa shape index (κ3) is 5.37. The van der Waals surface area contributed by atoms with Crippen LogP contribution in [-0.4, -0.2) is 32.5 Å². The summed E-state index contributed by atoms with van der Waals surface area (Å²) in [6.07, 6.45) is 1.83. The lowest BCUT2D eigenvalue weighted by atomic mass is 10.2. The topological polar surface area (TPSA) is 34.1 Å². The SMILES string of the molecule is Clc1cc(N=Cc2cccc(OCc3ccccc3)c2)ccc1N1CCOCC1. The minimum atomic E-state index is 0.542. The van der Waals surface area contributed by atoms with Crippen molar-refractivity contribution in [3.05, 3.63) is 88.9 Å². The minimum absolute atomic E-state index is 0.542. The number of hydrogen-bond donors (Lipinski definition) is 0. The predicted octanol–water partition coefficient (Wildman–Crippen LogP) is 5.51. The quantitative estimate of drug-likeness (QED) is 0.506. The van der Waals surface area contributed by atoms with Gasteiger partial charge in [0.2, 0.25) is 0 Å². The van der Waals surface area contributed by atoms with Crippen molar-refractivity contribution in [2.75, 3.05) is 31.2 Å². The summed E-state index contributed by atoms with van der Waals surface area (Å²) in [6.45, 7) is 3.73. The molecule has 1 aliphatic heterocycles. The lowest BCUT2D eigenvalue weighted by Crippen LogP contribution is -2.36. The molecule has 3 aromatic carbocycles. The van der Waals surface area contributed by atoms with Gasteiger partial charge in [0, 0.05) is 19.3 Å². The van der Waals surface area contributed by atoms with E-state index in [4.69, 9.17) is 21.1 Å². The third-order valence-corrected chi connectivity index (χ3v) is 5.05. The summed E-state index contributed by atoms with van der Waals surface area (Å²) >= 11 is 6.49. The standard InChI is InChI=1S/C24H23ClN2O2/c25-23-16-21(9-10-24(23)27-11-13-28-14-12-27)26-17-20-7-4-8-22(15-20)29-18-19-5-2-1-3-6-19/h1-10,15-17H,11-14,18H2. The first-order valence-corrected chi connectivity index (χ1v) is 10.1. The molecule has 0 amide bonds. The molecule has 1 aliphatic rings. The second-order valence-corrected chi connectivity index (χ2v) is 7.25. The van der Waals surface area contributed by atoms with Crippen LogP contribution in [0.15, 0.2) is 77.8 Å². The molecule has 5 heteroatoms. The number of ether oxygens (including phenoxy) is 2. The van der Waals surface area contributed by atoms with Crippen molar-refractivity contribution in [3.63, 3.8) is 0 Å². The molecule has 0 saturated carbocycles. The first kappa shape index (κ1) is 19.5. The van der Waals surface area contributed by atoms with E-state index in [-0.39, 0.29) is 0 Å². The van der Waals surface area contributed by atoms with E-state index < -0.39 is 0 Å². The van der Waals surface area contributed by atoms with Gasteiger partial charge < -0.3 is 14.4 Å². The van der Waals surface area contributed by atoms with E-state index in [1.165, 1.54) is 0 Å². The predicted molar refractivity (Wildman–Crippen MR) is 119 cm³/mol. The highest BCUT2D eigenvalue weighted by Gasteiger charge is 2.14. The van der Waals surface area contributed by atoms with Crippen LogP contribution in [0.2, 0.25) is 5.02 Å². The Bertz CT molecular complexity index is 970. The molecule has 0 radical (unpaired) electrons. The summed E-state index contributed by atoms with van der Waals surface area (Å²) in [5, 5.41) is 0.710. The zero-order valence-electron chi connectivity index (χ0n) is 16.1. The molecule has 0 atom stereocenters. The van der Waals surface area contributed by atoms with Crippen LogP contribution in [0.5, 0.6) is 5.75 Å². The Morgan fingerprint density at radius 2 is 1.79 bits per heavy atom. The molecule has 0 bridgehead atoms. The monoisotopic (exact) mass is 406 g/mol. The maximum absolute atomic E-state index is 6.49. The van der Waals surface area contributed by atoms with Gasteiger partial charge >= 0.3 is 0 Å². The van der Waals surface area contributed by atoms with Crippen molar-refractivity contribution in [1.29, 1.82) is 0 Å². The maximum Gasteiger partial charge on any atom is 0.120 e. The molecule has 1 heterocycles. The van der Waals surface area contributed by atoms with Crippen LogP contribution in [0.4, 0.5) is 11.4 Å². The number of aliphatic imine (C=N–C) groups is 1.